The third-order valence-corrected chi connectivity index (χ3v) is 5.65. The van der Waals surface area contributed by atoms with Crippen molar-refractivity contribution in [2.24, 2.45) is 0 Å². The van der Waals surface area contributed by atoms with Crippen LogP contribution < -0.4 is 0 Å². The maximum Gasteiger partial charge on any atom is 0.490 e. The van der Waals surface area contributed by atoms with E-state index in [1.165, 1.54) is 5.56 Å². The van der Waals surface area contributed by atoms with E-state index in [1.54, 1.807) is 18.6 Å². The summed E-state index contributed by atoms with van der Waals surface area (Å²) in [6.45, 7) is 3.23. The summed E-state index contributed by atoms with van der Waals surface area (Å²) >= 11 is 0. The summed E-state index contributed by atoms with van der Waals surface area (Å²) in [4.78, 5) is 37.2. The van der Waals surface area contributed by atoms with Crippen molar-refractivity contribution in [1.29, 1.82) is 0 Å². The average molecular weight is 494 g/mol. The van der Waals surface area contributed by atoms with Crippen LogP contribution in [0.25, 0.3) is 22.0 Å². The molecule has 0 spiro atoms. The Bertz CT molecular complexity index is 1430. The minimum Gasteiger partial charge on any atom is -0.475 e. The van der Waals surface area contributed by atoms with Gasteiger partial charge >= 0.3 is 12.1 Å². The largest absolute Gasteiger partial charge is 0.490 e. The molecule has 0 fully saturated rings. The van der Waals surface area contributed by atoms with E-state index in [0.717, 1.165) is 33.4 Å². The number of pyridine rings is 3. The second-order valence-electron chi connectivity index (χ2n) is 8.19. The highest BCUT2D eigenvalue weighted by Crippen LogP contribution is 2.31. The van der Waals surface area contributed by atoms with Crippen molar-refractivity contribution >= 4 is 22.8 Å². The van der Waals surface area contributed by atoms with Crippen molar-refractivity contribution in [3.05, 3.63) is 89.6 Å². The SMILES string of the molecule is Cc1ccc2ccc(CCN3Cc4nccc(-c5ccncc5)c4C3=O)nc2c1.O=C(O)C(F)(F)F. The third kappa shape index (κ3) is 5.48. The fraction of sp³-hybridized carbons (Fsp3) is 0.192. The van der Waals surface area contributed by atoms with Gasteiger partial charge in [0, 0.05) is 42.6 Å². The van der Waals surface area contributed by atoms with Gasteiger partial charge in [0.05, 0.1) is 23.3 Å². The molecule has 4 aromatic rings. The average Bonchev–Trinajstić information content (AvgIpc) is 3.18. The maximum atomic E-state index is 13.1. The molecule has 0 saturated carbocycles. The number of carbonyl (C=O) groups excluding carboxylic acids is 1. The number of aryl methyl sites for hydroxylation is 1. The Morgan fingerprint density at radius 3 is 2.44 bits per heavy atom. The molecule has 0 saturated heterocycles. The number of carboxylic acids is 1. The molecule has 0 aliphatic carbocycles. The van der Waals surface area contributed by atoms with Gasteiger partial charge < -0.3 is 10.0 Å². The van der Waals surface area contributed by atoms with Crippen LogP contribution in [0, 0.1) is 6.92 Å². The topological polar surface area (TPSA) is 96.3 Å². The predicted molar refractivity (Wildman–Crippen MR) is 126 cm³/mol. The van der Waals surface area contributed by atoms with Crippen LogP contribution in [0.2, 0.25) is 0 Å². The quantitative estimate of drug-likeness (QED) is 0.437. The zero-order valence-electron chi connectivity index (χ0n) is 19.2. The molecule has 0 unspecified atom stereocenters. The molecule has 4 heterocycles. The van der Waals surface area contributed by atoms with Gasteiger partial charge in [0.1, 0.15) is 0 Å². The molecule has 3 aromatic heterocycles. The molecule has 7 nitrogen and oxygen atoms in total. The van der Waals surface area contributed by atoms with Gasteiger partial charge in [0.2, 0.25) is 0 Å². The Morgan fingerprint density at radius 1 is 1.06 bits per heavy atom. The van der Waals surface area contributed by atoms with Crippen molar-refractivity contribution in [2.75, 3.05) is 6.54 Å². The standard InChI is InChI=1S/C24H20N4O.C2HF3O2/c1-16-2-3-18-4-5-19(27-21(18)14-16)9-13-28-15-22-23(24(28)29)20(8-12-26-22)17-6-10-25-11-7-17;3-2(4,5)1(6)7/h2-8,10-12,14H,9,13,15H2,1H3;(H,6,7). The number of aromatic nitrogens is 3. The van der Waals surface area contributed by atoms with Gasteiger partial charge in [-0.15, -0.1) is 0 Å². The molecule has 1 amide bonds. The Balaban J connectivity index is 0.000000384. The first kappa shape index (κ1) is 24.8. The molecule has 1 aromatic carbocycles. The van der Waals surface area contributed by atoms with E-state index in [1.807, 2.05) is 29.2 Å². The number of halogens is 3. The Kier molecular flexibility index (Phi) is 6.96. The Morgan fingerprint density at radius 2 is 1.75 bits per heavy atom. The van der Waals surface area contributed by atoms with Crippen LogP contribution in [-0.2, 0) is 17.8 Å². The zero-order valence-corrected chi connectivity index (χ0v) is 19.2. The van der Waals surface area contributed by atoms with Crippen molar-refractivity contribution in [1.82, 2.24) is 19.9 Å². The van der Waals surface area contributed by atoms with Gasteiger partial charge in [-0.05, 0) is 53.9 Å². The minimum atomic E-state index is -5.08. The van der Waals surface area contributed by atoms with Crippen LogP contribution in [0.5, 0.6) is 0 Å². The molecule has 0 atom stereocenters. The summed E-state index contributed by atoms with van der Waals surface area (Å²) in [6.07, 6.45) is 0.895. The fourth-order valence-electron chi connectivity index (χ4n) is 3.89. The smallest absolute Gasteiger partial charge is 0.475 e. The fourth-order valence-corrected chi connectivity index (χ4v) is 3.89. The summed E-state index contributed by atoms with van der Waals surface area (Å²) in [5.41, 5.74) is 6.65. The Hall–Kier alpha value is -4.34. The molecule has 5 rings (SSSR count). The third-order valence-electron chi connectivity index (χ3n) is 5.65. The molecule has 184 valence electrons. The number of fused-ring (bicyclic) bond motifs is 2. The number of alkyl halides is 3. The number of rotatable bonds is 4. The monoisotopic (exact) mass is 494 g/mol. The molecule has 36 heavy (non-hydrogen) atoms. The van der Waals surface area contributed by atoms with Crippen molar-refractivity contribution in [2.45, 2.75) is 26.1 Å². The van der Waals surface area contributed by atoms with E-state index in [9.17, 15) is 18.0 Å². The van der Waals surface area contributed by atoms with Crippen molar-refractivity contribution in [3.63, 3.8) is 0 Å². The molecule has 1 aliphatic rings. The molecule has 10 heteroatoms. The highest BCUT2D eigenvalue weighted by molar-refractivity contribution is 6.04. The van der Waals surface area contributed by atoms with Crippen LogP contribution in [-0.4, -0.2) is 49.6 Å². The van der Waals surface area contributed by atoms with E-state index in [4.69, 9.17) is 14.9 Å². The number of benzene rings is 1. The zero-order chi connectivity index (χ0) is 25.9. The first-order valence-electron chi connectivity index (χ1n) is 11.0. The van der Waals surface area contributed by atoms with Gasteiger partial charge in [-0.2, -0.15) is 13.2 Å². The van der Waals surface area contributed by atoms with E-state index in [0.29, 0.717) is 25.1 Å². The van der Waals surface area contributed by atoms with Gasteiger partial charge in [0.15, 0.2) is 0 Å². The summed E-state index contributed by atoms with van der Waals surface area (Å²) in [5.74, 6) is -2.72. The van der Waals surface area contributed by atoms with Gasteiger partial charge in [0.25, 0.3) is 5.91 Å². The molecule has 1 aliphatic heterocycles. The van der Waals surface area contributed by atoms with Crippen LogP contribution in [0.1, 0.15) is 27.3 Å². The highest BCUT2D eigenvalue weighted by Gasteiger charge is 2.38. The van der Waals surface area contributed by atoms with Crippen molar-refractivity contribution in [3.8, 4) is 11.1 Å². The molecule has 1 N–H and O–H groups in total. The lowest BCUT2D eigenvalue weighted by Crippen LogP contribution is -2.26. The van der Waals surface area contributed by atoms with E-state index in [2.05, 4.69) is 41.2 Å². The second kappa shape index (κ2) is 10.1. The van der Waals surface area contributed by atoms with Crippen LogP contribution in [0.15, 0.2) is 67.1 Å². The van der Waals surface area contributed by atoms with Crippen LogP contribution in [0.4, 0.5) is 13.2 Å². The van der Waals surface area contributed by atoms with Crippen molar-refractivity contribution < 1.29 is 27.9 Å². The number of aliphatic carboxylic acids is 1. The summed E-state index contributed by atoms with van der Waals surface area (Å²) in [5, 5.41) is 8.26. The summed E-state index contributed by atoms with van der Waals surface area (Å²) in [7, 11) is 0. The number of carbonyl (C=O) groups is 2. The lowest BCUT2D eigenvalue weighted by Gasteiger charge is -2.15. The number of hydrogen-bond acceptors (Lipinski definition) is 5. The van der Waals surface area contributed by atoms with Gasteiger partial charge in [-0.25, -0.2) is 4.79 Å². The normalized spacial score (nSPS) is 12.8. The number of hydrogen-bond donors (Lipinski definition) is 1. The minimum absolute atomic E-state index is 0.0385. The van der Waals surface area contributed by atoms with Crippen LogP contribution in [0.3, 0.4) is 0 Å². The number of carboxylic acid groups (broad SMARTS) is 1. The van der Waals surface area contributed by atoms with E-state index in [-0.39, 0.29) is 5.91 Å². The van der Waals surface area contributed by atoms with Crippen LogP contribution >= 0.6 is 0 Å². The Labute approximate surface area is 204 Å². The first-order valence-corrected chi connectivity index (χ1v) is 11.0. The maximum absolute atomic E-state index is 13.1. The van der Waals surface area contributed by atoms with Gasteiger partial charge in [-0.1, -0.05) is 18.2 Å². The van der Waals surface area contributed by atoms with E-state index >= 15 is 0 Å². The number of nitrogens with zero attached hydrogens (tertiary/aromatic N) is 4. The van der Waals surface area contributed by atoms with E-state index < -0.39 is 12.1 Å². The lowest BCUT2D eigenvalue weighted by molar-refractivity contribution is -0.192. The second-order valence-corrected chi connectivity index (χ2v) is 8.19. The first-order chi connectivity index (χ1) is 17.1. The molecule has 0 radical (unpaired) electrons. The van der Waals surface area contributed by atoms with Gasteiger partial charge in [-0.3, -0.25) is 19.7 Å². The highest BCUT2D eigenvalue weighted by atomic mass is 19.4. The molecular weight excluding hydrogens is 473 g/mol. The summed E-state index contributed by atoms with van der Waals surface area (Å²) < 4.78 is 31.7. The summed E-state index contributed by atoms with van der Waals surface area (Å²) in [6, 6.07) is 16.2. The lowest BCUT2D eigenvalue weighted by atomic mass is 10.0. The molecule has 0 bridgehead atoms. The predicted octanol–water partition coefficient (Wildman–Crippen LogP) is 4.83. The number of amides is 1. The molecular formula is C26H21F3N4O3.